The van der Waals surface area contributed by atoms with Crippen LogP contribution in [0.3, 0.4) is 0 Å². The van der Waals surface area contributed by atoms with Gasteiger partial charge in [-0.3, -0.25) is 0 Å². The third kappa shape index (κ3) is 3.83. The molecule has 0 aromatic heterocycles. The first-order valence-corrected chi connectivity index (χ1v) is 5.67. The third-order valence-corrected chi connectivity index (χ3v) is 2.30. The smallest absolute Gasteiger partial charge is 0.119 e. The monoisotopic (exact) mass is 223 g/mol. The number of hydrogen-bond acceptors (Lipinski definition) is 3. The van der Waals surface area contributed by atoms with E-state index in [1.807, 2.05) is 24.3 Å². The third-order valence-electron chi connectivity index (χ3n) is 2.30. The van der Waals surface area contributed by atoms with Crippen molar-refractivity contribution in [2.45, 2.75) is 32.9 Å². The Balaban J connectivity index is 2.61. The van der Waals surface area contributed by atoms with Crippen LogP contribution in [0.1, 0.15) is 32.4 Å². The number of benzene rings is 1. The van der Waals surface area contributed by atoms with Gasteiger partial charge in [-0.1, -0.05) is 26.0 Å². The molecule has 0 fully saturated rings. The van der Waals surface area contributed by atoms with E-state index in [2.05, 4.69) is 13.8 Å². The summed E-state index contributed by atoms with van der Waals surface area (Å²) in [4.78, 5) is 0. The maximum atomic E-state index is 9.74. The Bertz CT molecular complexity index is 306. The largest absolute Gasteiger partial charge is 0.493 e. The van der Waals surface area contributed by atoms with Gasteiger partial charge in [0.05, 0.1) is 12.7 Å². The van der Waals surface area contributed by atoms with Gasteiger partial charge in [0.15, 0.2) is 0 Å². The van der Waals surface area contributed by atoms with Gasteiger partial charge in [0.2, 0.25) is 0 Å². The lowest BCUT2D eigenvalue weighted by Gasteiger charge is -2.15. The van der Waals surface area contributed by atoms with Crippen LogP contribution in [0.25, 0.3) is 0 Å². The van der Waals surface area contributed by atoms with Crippen molar-refractivity contribution in [3.05, 3.63) is 29.8 Å². The van der Waals surface area contributed by atoms with E-state index >= 15 is 0 Å². The van der Waals surface area contributed by atoms with Crippen molar-refractivity contribution in [2.75, 3.05) is 6.61 Å². The number of nitrogens with two attached hydrogens (primary N) is 1. The van der Waals surface area contributed by atoms with Crippen LogP contribution in [0.2, 0.25) is 0 Å². The molecule has 1 aromatic carbocycles. The van der Waals surface area contributed by atoms with Gasteiger partial charge in [-0.15, -0.1) is 0 Å². The molecule has 1 aromatic rings. The van der Waals surface area contributed by atoms with E-state index in [9.17, 15) is 5.11 Å². The van der Waals surface area contributed by atoms with E-state index in [0.29, 0.717) is 12.5 Å². The molecule has 0 aliphatic rings. The molecule has 3 N–H and O–H groups in total. The summed E-state index contributed by atoms with van der Waals surface area (Å²) in [7, 11) is 0. The molecule has 0 aliphatic carbocycles. The van der Waals surface area contributed by atoms with Gasteiger partial charge in [0, 0.05) is 6.04 Å². The van der Waals surface area contributed by atoms with Gasteiger partial charge >= 0.3 is 0 Å². The normalized spacial score (nSPS) is 14.9. The minimum absolute atomic E-state index is 0.262. The lowest BCUT2D eigenvalue weighted by molar-refractivity contribution is 0.153. The molecule has 0 aliphatic heterocycles. The molecule has 0 saturated carbocycles. The predicted molar refractivity (Wildman–Crippen MR) is 65.4 cm³/mol. The SMILES string of the molecule is CC(C)COc1ccc(C(O)C(C)N)cc1. The Hall–Kier alpha value is -1.06. The molecule has 2 atom stereocenters. The van der Waals surface area contributed by atoms with Crippen LogP contribution in [0.5, 0.6) is 5.75 Å². The lowest BCUT2D eigenvalue weighted by Crippen LogP contribution is -2.24. The summed E-state index contributed by atoms with van der Waals surface area (Å²) in [6.45, 7) is 6.70. The van der Waals surface area contributed by atoms with Crippen LogP contribution in [0.4, 0.5) is 0 Å². The number of ether oxygens (including phenoxy) is 1. The van der Waals surface area contributed by atoms with Gasteiger partial charge in [-0.25, -0.2) is 0 Å². The van der Waals surface area contributed by atoms with Gasteiger partial charge in [0.25, 0.3) is 0 Å². The van der Waals surface area contributed by atoms with E-state index in [1.165, 1.54) is 0 Å². The van der Waals surface area contributed by atoms with Crippen LogP contribution < -0.4 is 10.5 Å². The minimum Gasteiger partial charge on any atom is -0.493 e. The quantitative estimate of drug-likeness (QED) is 0.803. The number of hydrogen-bond donors (Lipinski definition) is 2. The molecule has 3 heteroatoms. The highest BCUT2D eigenvalue weighted by atomic mass is 16.5. The Morgan fingerprint density at radius 3 is 2.19 bits per heavy atom. The van der Waals surface area contributed by atoms with E-state index in [4.69, 9.17) is 10.5 Å². The van der Waals surface area contributed by atoms with Gasteiger partial charge < -0.3 is 15.6 Å². The highest BCUT2D eigenvalue weighted by Gasteiger charge is 2.11. The van der Waals surface area contributed by atoms with Crippen LogP contribution >= 0.6 is 0 Å². The minimum atomic E-state index is -0.612. The fraction of sp³-hybridized carbons (Fsp3) is 0.538. The van der Waals surface area contributed by atoms with Crippen molar-refractivity contribution in [3.63, 3.8) is 0 Å². The molecule has 0 saturated heterocycles. The van der Waals surface area contributed by atoms with Crippen molar-refractivity contribution in [1.29, 1.82) is 0 Å². The molecule has 0 amide bonds. The summed E-state index contributed by atoms with van der Waals surface area (Å²) < 4.78 is 5.55. The summed E-state index contributed by atoms with van der Waals surface area (Å²) in [6.07, 6.45) is -0.612. The molecule has 16 heavy (non-hydrogen) atoms. The van der Waals surface area contributed by atoms with Crippen LogP contribution in [-0.4, -0.2) is 17.8 Å². The fourth-order valence-corrected chi connectivity index (χ4v) is 1.33. The number of aliphatic hydroxyl groups is 1. The van der Waals surface area contributed by atoms with E-state index in [0.717, 1.165) is 11.3 Å². The average Bonchev–Trinajstić information content (AvgIpc) is 2.26. The number of aliphatic hydroxyl groups excluding tert-OH is 1. The first kappa shape index (κ1) is 13.0. The van der Waals surface area contributed by atoms with Crippen LogP contribution in [0, 0.1) is 5.92 Å². The maximum Gasteiger partial charge on any atom is 0.119 e. The molecular formula is C13H21NO2. The van der Waals surface area contributed by atoms with Crippen LogP contribution in [0.15, 0.2) is 24.3 Å². The molecule has 0 spiro atoms. The number of rotatable bonds is 5. The highest BCUT2D eigenvalue weighted by molar-refractivity contribution is 5.29. The first-order valence-electron chi connectivity index (χ1n) is 5.67. The lowest BCUT2D eigenvalue weighted by atomic mass is 10.0. The molecule has 0 radical (unpaired) electrons. The Kier molecular flexibility index (Phi) is 4.77. The summed E-state index contributed by atoms with van der Waals surface area (Å²) in [5, 5.41) is 9.74. The van der Waals surface area contributed by atoms with Gasteiger partial charge in [-0.05, 0) is 30.5 Å². The van der Waals surface area contributed by atoms with Crippen molar-refractivity contribution in [1.82, 2.24) is 0 Å². The second-order valence-electron chi connectivity index (χ2n) is 4.58. The Morgan fingerprint density at radius 1 is 1.19 bits per heavy atom. The Morgan fingerprint density at radius 2 is 1.75 bits per heavy atom. The predicted octanol–water partition coefficient (Wildman–Crippen LogP) is 2.10. The molecule has 2 unspecified atom stereocenters. The molecule has 1 rings (SSSR count). The van der Waals surface area contributed by atoms with Gasteiger partial charge in [0.1, 0.15) is 5.75 Å². The van der Waals surface area contributed by atoms with Crippen molar-refractivity contribution >= 4 is 0 Å². The van der Waals surface area contributed by atoms with E-state index in [-0.39, 0.29) is 6.04 Å². The maximum absolute atomic E-state index is 9.74. The van der Waals surface area contributed by atoms with Crippen molar-refractivity contribution in [3.8, 4) is 5.75 Å². The molecular weight excluding hydrogens is 202 g/mol. The van der Waals surface area contributed by atoms with Gasteiger partial charge in [-0.2, -0.15) is 0 Å². The molecule has 0 bridgehead atoms. The second kappa shape index (κ2) is 5.87. The molecule has 90 valence electrons. The molecule has 3 nitrogen and oxygen atoms in total. The summed E-state index contributed by atoms with van der Waals surface area (Å²) in [5.74, 6) is 1.34. The van der Waals surface area contributed by atoms with E-state index < -0.39 is 6.10 Å². The zero-order valence-corrected chi connectivity index (χ0v) is 10.2. The van der Waals surface area contributed by atoms with Crippen LogP contribution in [-0.2, 0) is 0 Å². The average molecular weight is 223 g/mol. The van der Waals surface area contributed by atoms with E-state index in [1.54, 1.807) is 6.92 Å². The second-order valence-corrected chi connectivity index (χ2v) is 4.58. The van der Waals surface area contributed by atoms with Crippen molar-refractivity contribution in [2.24, 2.45) is 11.7 Å². The first-order chi connectivity index (χ1) is 7.50. The standard InChI is InChI=1S/C13H21NO2/c1-9(2)8-16-12-6-4-11(5-7-12)13(15)10(3)14/h4-7,9-10,13,15H,8,14H2,1-3H3. The summed E-state index contributed by atoms with van der Waals surface area (Å²) >= 11 is 0. The zero-order valence-electron chi connectivity index (χ0n) is 10.2. The fourth-order valence-electron chi connectivity index (χ4n) is 1.33. The topological polar surface area (TPSA) is 55.5 Å². The molecule has 0 heterocycles. The highest BCUT2D eigenvalue weighted by Crippen LogP contribution is 2.19. The summed E-state index contributed by atoms with van der Waals surface area (Å²) in [6, 6.07) is 7.17. The Labute approximate surface area is 97.2 Å². The van der Waals surface area contributed by atoms with Crippen molar-refractivity contribution < 1.29 is 9.84 Å². The zero-order chi connectivity index (χ0) is 12.1. The summed E-state index contributed by atoms with van der Waals surface area (Å²) in [5.41, 5.74) is 6.45.